The third-order valence-corrected chi connectivity index (χ3v) is 6.56. The number of thioether (sulfide) groups is 1. The zero-order valence-corrected chi connectivity index (χ0v) is 20.8. The van der Waals surface area contributed by atoms with E-state index in [4.69, 9.17) is 9.47 Å². The van der Waals surface area contributed by atoms with Gasteiger partial charge in [-0.25, -0.2) is 15.1 Å². The summed E-state index contributed by atoms with van der Waals surface area (Å²) in [5.74, 6) is -0.0773. The minimum atomic E-state index is -4.87. The molecule has 0 saturated carbocycles. The largest absolute Gasteiger partial charge is 0.422 e. The van der Waals surface area contributed by atoms with Crippen molar-refractivity contribution in [1.29, 1.82) is 0 Å². The molecule has 38 heavy (non-hydrogen) atoms. The third-order valence-electron chi connectivity index (χ3n) is 5.40. The first kappa shape index (κ1) is 29.6. The maximum absolute atomic E-state index is 13.3. The molecule has 0 aromatic carbocycles. The Kier molecular flexibility index (Phi) is 9.94. The molecule has 1 aliphatic rings. The number of ether oxygens (including phenoxy) is 2. The summed E-state index contributed by atoms with van der Waals surface area (Å²) in [6, 6.07) is 0. The van der Waals surface area contributed by atoms with Gasteiger partial charge in [-0.3, -0.25) is 9.59 Å². The Morgan fingerprint density at radius 3 is 2.29 bits per heavy atom. The van der Waals surface area contributed by atoms with E-state index in [-0.39, 0.29) is 43.0 Å². The molecule has 1 aliphatic heterocycles. The number of methoxy groups -OCH3 is 1. The molecule has 1 saturated heterocycles. The molecular formula is C21H24F6N6O4S. The highest BCUT2D eigenvalue weighted by molar-refractivity contribution is 8.00. The maximum Gasteiger partial charge on any atom is 0.422 e. The van der Waals surface area contributed by atoms with Crippen molar-refractivity contribution in [3.8, 4) is 0 Å². The van der Waals surface area contributed by atoms with Gasteiger partial charge in [0.1, 0.15) is 5.56 Å². The van der Waals surface area contributed by atoms with E-state index in [1.165, 1.54) is 7.11 Å². The van der Waals surface area contributed by atoms with Crippen LogP contribution in [0.15, 0.2) is 28.3 Å². The van der Waals surface area contributed by atoms with Crippen LogP contribution < -0.4 is 10.5 Å². The van der Waals surface area contributed by atoms with Gasteiger partial charge < -0.3 is 19.3 Å². The summed E-state index contributed by atoms with van der Waals surface area (Å²) in [4.78, 5) is 34.6. The number of hydrogen-bond donors (Lipinski definition) is 1. The number of nitrogens with one attached hydrogen (secondary N) is 1. The van der Waals surface area contributed by atoms with Gasteiger partial charge >= 0.3 is 12.4 Å². The Balaban J connectivity index is 1.45. The van der Waals surface area contributed by atoms with Gasteiger partial charge in [0.2, 0.25) is 11.9 Å². The Labute approximate surface area is 216 Å². The molecular weight excluding hydrogens is 546 g/mol. The lowest BCUT2D eigenvalue weighted by atomic mass is 10.3. The van der Waals surface area contributed by atoms with Crippen LogP contribution in [0, 0.1) is 0 Å². The van der Waals surface area contributed by atoms with Crippen LogP contribution in [-0.4, -0.2) is 89.3 Å². The fourth-order valence-corrected chi connectivity index (χ4v) is 4.71. The van der Waals surface area contributed by atoms with E-state index in [2.05, 4.69) is 15.1 Å². The fourth-order valence-electron chi connectivity index (χ4n) is 3.54. The summed E-state index contributed by atoms with van der Waals surface area (Å²) in [5.41, 5.74) is -3.65. The molecule has 3 heterocycles. The van der Waals surface area contributed by atoms with Crippen LogP contribution in [0.4, 0.5) is 32.3 Å². The van der Waals surface area contributed by atoms with Crippen LogP contribution in [0.2, 0.25) is 0 Å². The number of aromatic nitrogens is 4. The maximum atomic E-state index is 13.3. The molecule has 2 aromatic rings. The van der Waals surface area contributed by atoms with Crippen molar-refractivity contribution in [2.24, 2.45) is 0 Å². The van der Waals surface area contributed by atoms with Gasteiger partial charge in [-0.2, -0.15) is 31.4 Å². The minimum Gasteiger partial charge on any atom is -0.383 e. The van der Waals surface area contributed by atoms with Gasteiger partial charge in [0.05, 0.1) is 43.3 Å². The highest BCUT2D eigenvalue weighted by Crippen LogP contribution is 2.35. The average molecular weight is 571 g/mol. The molecule has 0 radical (unpaired) electrons. The van der Waals surface area contributed by atoms with Gasteiger partial charge in [0, 0.05) is 50.6 Å². The van der Waals surface area contributed by atoms with Crippen LogP contribution >= 0.6 is 11.8 Å². The summed E-state index contributed by atoms with van der Waals surface area (Å²) in [6.07, 6.45) is -7.05. The summed E-state index contributed by atoms with van der Waals surface area (Å²) >= 11 is 0.741. The zero-order chi connectivity index (χ0) is 27.9. The predicted molar refractivity (Wildman–Crippen MR) is 123 cm³/mol. The Bertz CT molecular complexity index is 1120. The number of amides is 1. The first-order valence-corrected chi connectivity index (χ1v) is 12.1. The predicted octanol–water partition coefficient (Wildman–Crippen LogP) is 2.46. The van der Waals surface area contributed by atoms with Crippen molar-refractivity contribution in [3.05, 3.63) is 40.1 Å². The van der Waals surface area contributed by atoms with Crippen LogP contribution in [0.3, 0.4) is 0 Å². The SMILES string of the molecule is COCC(COCCC(=O)N1CCN(c2ncc(C(F)(F)F)cn2)CC1)Sc1cn[nH]c(=O)c1C(F)(F)F. The van der Waals surface area contributed by atoms with Gasteiger partial charge in [-0.05, 0) is 0 Å². The molecule has 1 fully saturated rings. The molecule has 210 valence electrons. The number of halogens is 6. The second-order valence-corrected chi connectivity index (χ2v) is 9.44. The van der Waals surface area contributed by atoms with E-state index in [1.807, 2.05) is 0 Å². The minimum absolute atomic E-state index is 0.00158. The molecule has 1 unspecified atom stereocenters. The van der Waals surface area contributed by atoms with Crippen LogP contribution in [0.25, 0.3) is 0 Å². The topological polar surface area (TPSA) is 114 Å². The Hall–Kier alpha value is -2.92. The van der Waals surface area contributed by atoms with Crippen molar-refractivity contribution < 1.29 is 40.6 Å². The van der Waals surface area contributed by atoms with Crippen molar-refractivity contribution in [1.82, 2.24) is 25.1 Å². The second kappa shape index (κ2) is 12.8. The summed E-state index contributed by atoms with van der Waals surface area (Å²) in [7, 11) is 1.37. The van der Waals surface area contributed by atoms with Crippen LogP contribution in [0.1, 0.15) is 17.5 Å². The van der Waals surface area contributed by atoms with Gasteiger partial charge in [0.25, 0.3) is 5.56 Å². The Morgan fingerprint density at radius 2 is 1.71 bits per heavy atom. The molecule has 1 atom stereocenters. The molecule has 1 amide bonds. The molecule has 0 bridgehead atoms. The summed E-state index contributed by atoms with van der Waals surface area (Å²) in [6.45, 7) is 1.25. The van der Waals surface area contributed by atoms with Crippen molar-refractivity contribution in [2.45, 2.75) is 28.9 Å². The number of carbonyl (C=O) groups excluding carboxylic acids is 1. The van der Waals surface area contributed by atoms with Crippen molar-refractivity contribution in [3.63, 3.8) is 0 Å². The number of H-pyrrole nitrogens is 1. The molecule has 0 spiro atoms. The molecule has 1 N–H and O–H groups in total. The van der Waals surface area contributed by atoms with E-state index in [9.17, 15) is 35.9 Å². The third kappa shape index (κ3) is 8.04. The first-order chi connectivity index (χ1) is 17.9. The first-order valence-electron chi connectivity index (χ1n) is 11.2. The summed E-state index contributed by atoms with van der Waals surface area (Å²) in [5, 5.41) is 4.60. The quantitative estimate of drug-likeness (QED) is 0.262. The van der Waals surface area contributed by atoms with Gasteiger partial charge in [-0.1, -0.05) is 0 Å². The molecule has 10 nitrogen and oxygen atoms in total. The zero-order valence-electron chi connectivity index (χ0n) is 20.0. The lowest BCUT2D eigenvalue weighted by Crippen LogP contribution is -2.49. The normalized spacial score (nSPS) is 15.6. The number of anilines is 1. The lowest BCUT2D eigenvalue weighted by Gasteiger charge is -2.34. The number of piperazine rings is 1. The van der Waals surface area contributed by atoms with Crippen LogP contribution in [-0.2, 0) is 26.6 Å². The number of alkyl halides is 6. The lowest BCUT2D eigenvalue weighted by molar-refractivity contribution is -0.141. The molecule has 2 aromatic heterocycles. The highest BCUT2D eigenvalue weighted by atomic mass is 32.2. The van der Waals surface area contributed by atoms with Crippen LogP contribution in [0.5, 0.6) is 0 Å². The monoisotopic (exact) mass is 570 g/mol. The van der Waals surface area contributed by atoms with Crippen molar-refractivity contribution in [2.75, 3.05) is 58.0 Å². The molecule has 0 aliphatic carbocycles. The van der Waals surface area contributed by atoms with E-state index in [0.717, 1.165) is 18.0 Å². The summed E-state index contributed by atoms with van der Waals surface area (Å²) < 4.78 is 88.4. The number of rotatable bonds is 10. The van der Waals surface area contributed by atoms with E-state index < -0.39 is 34.3 Å². The van der Waals surface area contributed by atoms with Gasteiger partial charge in [-0.15, -0.1) is 11.8 Å². The number of nitrogens with zero attached hydrogens (tertiary/aromatic N) is 5. The standard InChI is InChI=1S/C21H24F6N6O4S/c1-36-11-14(38-15-10-30-31-18(35)17(15)21(25,26)27)12-37-7-2-16(34)32-3-5-33(6-4-32)19-28-8-13(9-29-19)20(22,23)24/h8-10,14H,2-7,11-12H2,1H3,(H,31,35). The highest BCUT2D eigenvalue weighted by Gasteiger charge is 2.38. The van der Waals surface area contributed by atoms with E-state index >= 15 is 0 Å². The van der Waals surface area contributed by atoms with E-state index in [0.29, 0.717) is 38.6 Å². The fraction of sp³-hybridized carbons (Fsp3) is 0.571. The number of carbonyl (C=O) groups is 1. The molecule has 17 heteroatoms. The van der Waals surface area contributed by atoms with Gasteiger partial charge in [0.15, 0.2) is 0 Å². The smallest absolute Gasteiger partial charge is 0.383 e. The van der Waals surface area contributed by atoms with E-state index in [1.54, 1.807) is 14.9 Å². The second-order valence-electron chi connectivity index (χ2n) is 8.09. The Morgan fingerprint density at radius 1 is 1.05 bits per heavy atom. The number of hydrogen-bond acceptors (Lipinski definition) is 9. The number of aromatic amines is 1. The molecule has 3 rings (SSSR count). The average Bonchev–Trinajstić information content (AvgIpc) is 2.85. The van der Waals surface area contributed by atoms with Crippen molar-refractivity contribution >= 4 is 23.6 Å².